The van der Waals surface area contributed by atoms with E-state index >= 15 is 0 Å². The second-order valence-corrected chi connectivity index (χ2v) is 7.51. The monoisotopic (exact) mass is 355 g/mol. The lowest BCUT2D eigenvalue weighted by molar-refractivity contribution is -0.00299. The van der Waals surface area contributed by atoms with Crippen molar-refractivity contribution in [1.29, 1.82) is 0 Å². The van der Waals surface area contributed by atoms with Crippen molar-refractivity contribution < 1.29 is 22.1 Å². The van der Waals surface area contributed by atoms with Gasteiger partial charge in [0.2, 0.25) is 10.0 Å². The van der Waals surface area contributed by atoms with Crippen LogP contribution in [-0.4, -0.2) is 42.1 Å². The van der Waals surface area contributed by atoms with Gasteiger partial charge in [0.25, 0.3) is 5.89 Å². The summed E-state index contributed by atoms with van der Waals surface area (Å²) in [6.45, 7) is 2.34. The summed E-state index contributed by atoms with van der Waals surface area (Å²) in [5, 5.41) is 3.67. The first-order chi connectivity index (χ1) is 11.5. The highest BCUT2D eigenvalue weighted by atomic mass is 32.2. The molecule has 1 aliphatic rings. The van der Waals surface area contributed by atoms with Crippen LogP contribution in [0, 0.1) is 12.7 Å². The minimum Gasteiger partial charge on any atom is -0.367 e. The van der Waals surface area contributed by atoms with Crippen molar-refractivity contribution in [3.63, 3.8) is 0 Å². The molecule has 1 saturated heterocycles. The van der Waals surface area contributed by atoms with Crippen molar-refractivity contribution in [2.24, 2.45) is 0 Å². The number of sulfonamides is 1. The van der Waals surface area contributed by atoms with Gasteiger partial charge in [0.1, 0.15) is 17.3 Å². The van der Waals surface area contributed by atoms with Crippen LogP contribution in [0.15, 0.2) is 33.7 Å². The highest BCUT2D eigenvalue weighted by Crippen LogP contribution is 2.24. The van der Waals surface area contributed by atoms with E-state index in [0.29, 0.717) is 24.7 Å². The van der Waals surface area contributed by atoms with E-state index in [9.17, 15) is 12.8 Å². The lowest BCUT2D eigenvalue weighted by Gasteiger charge is -2.31. The van der Waals surface area contributed by atoms with Crippen LogP contribution in [-0.2, 0) is 21.4 Å². The van der Waals surface area contributed by atoms with Crippen molar-refractivity contribution in [3.8, 4) is 0 Å². The molecule has 24 heavy (non-hydrogen) atoms. The predicted octanol–water partition coefficient (Wildman–Crippen LogP) is 1.89. The van der Waals surface area contributed by atoms with E-state index < -0.39 is 15.8 Å². The van der Waals surface area contributed by atoms with Crippen molar-refractivity contribution in [3.05, 3.63) is 41.8 Å². The number of aromatic nitrogens is 2. The van der Waals surface area contributed by atoms with E-state index in [1.807, 2.05) is 0 Å². The van der Waals surface area contributed by atoms with Gasteiger partial charge in [-0.15, -0.1) is 0 Å². The summed E-state index contributed by atoms with van der Waals surface area (Å²) < 4.78 is 51.0. The average molecular weight is 355 g/mol. The molecule has 3 rings (SSSR count). The smallest absolute Gasteiger partial charge is 0.252 e. The number of aryl methyl sites for hydroxylation is 1. The van der Waals surface area contributed by atoms with Gasteiger partial charge >= 0.3 is 0 Å². The molecule has 0 bridgehead atoms. The second kappa shape index (κ2) is 6.96. The fourth-order valence-electron chi connectivity index (χ4n) is 2.64. The number of rotatable bonds is 5. The van der Waals surface area contributed by atoms with Gasteiger partial charge in [0.05, 0.1) is 6.10 Å². The molecule has 0 spiro atoms. The molecule has 1 atom stereocenters. The molecule has 0 saturated carbocycles. The van der Waals surface area contributed by atoms with Crippen LogP contribution >= 0.6 is 0 Å². The zero-order valence-corrected chi connectivity index (χ0v) is 14.0. The Morgan fingerprint density at radius 3 is 2.92 bits per heavy atom. The highest BCUT2D eigenvalue weighted by Gasteiger charge is 2.32. The SMILES string of the molecule is Cc1noc(CO[C@@H]2CCCN(S(=O)(=O)c3ccccc3F)C2)n1. The summed E-state index contributed by atoms with van der Waals surface area (Å²) in [5.74, 6) is 0.115. The Kier molecular flexibility index (Phi) is 4.93. The molecule has 2 aromatic rings. The number of ether oxygens (including phenoxy) is 1. The maximum Gasteiger partial charge on any atom is 0.252 e. The molecule has 0 amide bonds. The molecule has 9 heteroatoms. The first-order valence-corrected chi connectivity index (χ1v) is 9.06. The summed E-state index contributed by atoms with van der Waals surface area (Å²) in [5.41, 5.74) is 0. The number of hydrogen-bond donors (Lipinski definition) is 0. The van der Waals surface area contributed by atoms with Crippen LogP contribution in [0.4, 0.5) is 4.39 Å². The summed E-state index contributed by atoms with van der Waals surface area (Å²) in [4.78, 5) is 3.73. The second-order valence-electron chi connectivity index (χ2n) is 5.60. The van der Waals surface area contributed by atoms with E-state index in [1.165, 1.54) is 22.5 Å². The Balaban J connectivity index is 1.67. The maximum atomic E-state index is 13.8. The van der Waals surface area contributed by atoms with Gasteiger partial charge in [0.15, 0.2) is 5.82 Å². The van der Waals surface area contributed by atoms with Gasteiger partial charge in [-0.1, -0.05) is 17.3 Å². The summed E-state index contributed by atoms with van der Waals surface area (Å²) in [6.07, 6.45) is 1.06. The lowest BCUT2D eigenvalue weighted by atomic mass is 10.1. The largest absolute Gasteiger partial charge is 0.367 e. The van der Waals surface area contributed by atoms with E-state index in [4.69, 9.17) is 9.26 Å². The van der Waals surface area contributed by atoms with Crippen LogP contribution in [0.5, 0.6) is 0 Å². The number of benzene rings is 1. The summed E-state index contributed by atoms with van der Waals surface area (Å²) in [7, 11) is -3.88. The van der Waals surface area contributed by atoms with E-state index in [0.717, 1.165) is 12.5 Å². The molecule has 1 aromatic carbocycles. The Labute approximate surface area is 139 Å². The van der Waals surface area contributed by atoms with Gasteiger partial charge in [-0.2, -0.15) is 9.29 Å². The van der Waals surface area contributed by atoms with E-state index in [2.05, 4.69) is 10.1 Å². The molecular weight excluding hydrogens is 337 g/mol. The molecular formula is C15H18FN3O4S. The predicted molar refractivity (Wildman–Crippen MR) is 82.0 cm³/mol. The third kappa shape index (κ3) is 3.63. The number of piperidine rings is 1. The standard InChI is InChI=1S/C15H18FN3O4S/c1-11-17-15(23-18-11)10-22-12-5-4-8-19(9-12)24(20,21)14-7-3-2-6-13(14)16/h2-3,6-7,12H,4-5,8-10H2,1H3/t12-/m1/s1. The summed E-state index contributed by atoms with van der Waals surface area (Å²) in [6, 6.07) is 5.38. The Morgan fingerprint density at radius 1 is 1.42 bits per heavy atom. The van der Waals surface area contributed by atoms with E-state index in [-0.39, 0.29) is 24.2 Å². The highest BCUT2D eigenvalue weighted by molar-refractivity contribution is 7.89. The van der Waals surface area contributed by atoms with Gasteiger partial charge in [-0.3, -0.25) is 0 Å². The zero-order valence-electron chi connectivity index (χ0n) is 13.2. The Morgan fingerprint density at radius 2 is 2.21 bits per heavy atom. The van der Waals surface area contributed by atoms with Gasteiger partial charge in [-0.05, 0) is 31.9 Å². The molecule has 1 fully saturated rings. The van der Waals surface area contributed by atoms with Crippen molar-refractivity contribution in [2.75, 3.05) is 13.1 Å². The van der Waals surface area contributed by atoms with Crippen molar-refractivity contribution in [2.45, 2.75) is 37.4 Å². The molecule has 0 unspecified atom stereocenters. The van der Waals surface area contributed by atoms with Gasteiger partial charge < -0.3 is 9.26 Å². The number of hydrogen-bond acceptors (Lipinski definition) is 6. The zero-order chi connectivity index (χ0) is 17.2. The molecule has 1 aromatic heterocycles. The van der Waals surface area contributed by atoms with Crippen molar-refractivity contribution >= 4 is 10.0 Å². The fraction of sp³-hybridized carbons (Fsp3) is 0.467. The van der Waals surface area contributed by atoms with Crippen molar-refractivity contribution in [1.82, 2.24) is 14.4 Å². The van der Waals surface area contributed by atoms with Crippen LogP contribution in [0.1, 0.15) is 24.6 Å². The molecule has 2 heterocycles. The summed E-state index contributed by atoms with van der Waals surface area (Å²) >= 11 is 0. The number of halogens is 1. The van der Waals surface area contributed by atoms with E-state index in [1.54, 1.807) is 6.92 Å². The van der Waals surface area contributed by atoms with Gasteiger partial charge in [-0.25, -0.2) is 12.8 Å². The molecule has 0 N–H and O–H groups in total. The topological polar surface area (TPSA) is 85.5 Å². The molecule has 7 nitrogen and oxygen atoms in total. The van der Waals surface area contributed by atoms with Crippen LogP contribution in [0.2, 0.25) is 0 Å². The average Bonchev–Trinajstić information content (AvgIpc) is 2.99. The first-order valence-electron chi connectivity index (χ1n) is 7.62. The third-order valence-corrected chi connectivity index (χ3v) is 5.71. The molecule has 1 aliphatic heterocycles. The van der Waals surface area contributed by atoms with Gasteiger partial charge in [0, 0.05) is 13.1 Å². The maximum absolute atomic E-state index is 13.8. The fourth-order valence-corrected chi connectivity index (χ4v) is 4.22. The Hall–Kier alpha value is -1.84. The molecule has 0 aliphatic carbocycles. The Bertz CT molecular complexity index is 809. The lowest BCUT2D eigenvalue weighted by Crippen LogP contribution is -2.43. The minimum atomic E-state index is -3.88. The first kappa shape index (κ1) is 17.0. The third-order valence-electron chi connectivity index (χ3n) is 3.81. The molecule has 0 radical (unpaired) electrons. The van der Waals surface area contributed by atoms with Crippen LogP contribution in [0.25, 0.3) is 0 Å². The number of nitrogens with zero attached hydrogens (tertiary/aromatic N) is 3. The quantitative estimate of drug-likeness (QED) is 0.814. The normalized spacial score (nSPS) is 19.5. The molecule has 130 valence electrons. The minimum absolute atomic E-state index is 0.124. The van der Waals surface area contributed by atoms with Crippen LogP contribution < -0.4 is 0 Å². The van der Waals surface area contributed by atoms with Crippen LogP contribution in [0.3, 0.4) is 0 Å².